The Morgan fingerprint density at radius 2 is 2.11 bits per heavy atom. The van der Waals surface area contributed by atoms with Crippen molar-refractivity contribution < 1.29 is 14.3 Å². The maximum atomic E-state index is 12.7. The molecule has 0 spiro atoms. The predicted molar refractivity (Wildman–Crippen MR) is 114 cm³/mol. The zero-order chi connectivity index (χ0) is 20.1. The quantitative estimate of drug-likeness (QED) is 0.786. The van der Waals surface area contributed by atoms with E-state index < -0.39 is 5.25 Å². The Balaban J connectivity index is 1.75. The van der Waals surface area contributed by atoms with E-state index >= 15 is 0 Å². The molecule has 3 rings (SSSR count). The van der Waals surface area contributed by atoms with Crippen molar-refractivity contribution in [2.45, 2.75) is 18.6 Å². The van der Waals surface area contributed by atoms with Gasteiger partial charge in [0.2, 0.25) is 11.8 Å². The van der Waals surface area contributed by atoms with Crippen molar-refractivity contribution in [3.05, 3.63) is 53.6 Å². The first kappa shape index (κ1) is 20.2. The van der Waals surface area contributed by atoms with Crippen LogP contribution in [0.25, 0.3) is 0 Å². The molecule has 1 N–H and O–H groups in total. The zero-order valence-corrected chi connectivity index (χ0v) is 17.1. The number of amidine groups is 1. The number of nitrogens with zero attached hydrogens (tertiary/aromatic N) is 2. The highest BCUT2D eigenvalue weighted by atomic mass is 35.5. The molecule has 1 atom stereocenters. The molecule has 1 aliphatic rings. The molecule has 2 aromatic carbocycles. The number of rotatable bonds is 5. The molecule has 1 aliphatic heterocycles. The molecule has 1 fully saturated rings. The normalized spacial score (nSPS) is 18.2. The second-order valence-corrected chi connectivity index (χ2v) is 7.69. The number of halogens is 1. The van der Waals surface area contributed by atoms with E-state index in [9.17, 15) is 9.59 Å². The van der Waals surface area contributed by atoms with Crippen LogP contribution in [0.3, 0.4) is 0 Å². The van der Waals surface area contributed by atoms with Crippen molar-refractivity contribution in [3.8, 4) is 5.75 Å². The predicted octanol–water partition coefficient (Wildman–Crippen LogP) is 4.33. The van der Waals surface area contributed by atoms with Crippen LogP contribution >= 0.6 is 23.4 Å². The van der Waals surface area contributed by atoms with E-state index in [0.717, 1.165) is 0 Å². The Labute approximate surface area is 172 Å². The molecule has 1 unspecified atom stereocenters. The van der Waals surface area contributed by atoms with Crippen molar-refractivity contribution in [2.75, 3.05) is 19.0 Å². The molecule has 1 heterocycles. The highest BCUT2D eigenvalue weighted by Gasteiger charge is 2.34. The van der Waals surface area contributed by atoms with Crippen molar-refractivity contribution in [1.29, 1.82) is 0 Å². The molecule has 6 nitrogen and oxygen atoms in total. The van der Waals surface area contributed by atoms with E-state index in [1.165, 1.54) is 16.7 Å². The van der Waals surface area contributed by atoms with Crippen LogP contribution in [0, 0.1) is 0 Å². The number of hydrogen-bond acceptors (Lipinski definition) is 5. The molecule has 0 aromatic heterocycles. The van der Waals surface area contributed by atoms with Gasteiger partial charge in [0.05, 0.1) is 12.3 Å². The standard InChI is InChI=1S/C20H20ClN3O3S/c1-3-27-16-9-5-8-15(11-16)22-19(26)17-12-18(25)24(2)20(28-17)23-14-7-4-6-13(21)10-14/h4-11,17H,3,12H2,1-2H3,(H,22,26). The summed E-state index contributed by atoms with van der Waals surface area (Å²) in [5, 5.41) is 3.30. The van der Waals surface area contributed by atoms with Gasteiger partial charge in [0.15, 0.2) is 5.17 Å². The van der Waals surface area contributed by atoms with E-state index in [2.05, 4.69) is 10.3 Å². The molecule has 2 amide bonds. The maximum Gasteiger partial charge on any atom is 0.238 e. The van der Waals surface area contributed by atoms with Crippen molar-refractivity contribution in [1.82, 2.24) is 4.90 Å². The van der Waals surface area contributed by atoms with Gasteiger partial charge in [-0.25, -0.2) is 4.99 Å². The van der Waals surface area contributed by atoms with Crippen LogP contribution in [0.5, 0.6) is 5.75 Å². The van der Waals surface area contributed by atoms with Gasteiger partial charge in [-0.2, -0.15) is 0 Å². The Morgan fingerprint density at radius 3 is 2.86 bits per heavy atom. The fraction of sp³-hybridized carbons (Fsp3) is 0.250. The second-order valence-electron chi connectivity index (χ2n) is 6.09. The van der Waals surface area contributed by atoms with E-state index in [1.54, 1.807) is 49.5 Å². The average molecular weight is 418 g/mol. The van der Waals surface area contributed by atoms with Gasteiger partial charge in [-0.15, -0.1) is 0 Å². The van der Waals surface area contributed by atoms with Gasteiger partial charge < -0.3 is 10.1 Å². The lowest BCUT2D eigenvalue weighted by atomic mass is 10.2. The first-order chi connectivity index (χ1) is 13.5. The van der Waals surface area contributed by atoms with E-state index in [-0.39, 0.29) is 18.2 Å². The van der Waals surface area contributed by atoms with E-state index in [4.69, 9.17) is 16.3 Å². The summed E-state index contributed by atoms with van der Waals surface area (Å²) in [7, 11) is 1.65. The largest absolute Gasteiger partial charge is 0.494 e. The number of ether oxygens (including phenoxy) is 1. The molecule has 28 heavy (non-hydrogen) atoms. The summed E-state index contributed by atoms with van der Waals surface area (Å²) in [5.41, 5.74) is 1.25. The third-order valence-electron chi connectivity index (χ3n) is 4.01. The van der Waals surface area contributed by atoms with Crippen molar-refractivity contribution in [3.63, 3.8) is 0 Å². The van der Waals surface area contributed by atoms with Gasteiger partial charge in [0.25, 0.3) is 0 Å². The SMILES string of the molecule is CCOc1cccc(NC(=O)C2CC(=O)N(C)C(=Nc3cccc(Cl)c3)S2)c1. The summed E-state index contributed by atoms with van der Waals surface area (Å²) in [6.07, 6.45) is 0.104. The fourth-order valence-electron chi connectivity index (χ4n) is 2.61. The summed E-state index contributed by atoms with van der Waals surface area (Å²) in [6.45, 7) is 2.44. The number of carbonyl (C=O) groups excluding carboxylic acids is 2. The van der Waals surface area contributed by atoms with Crippen LogP contribution in [0.4, 0.5) is 11.4 Å². The highest BCUT2D eigenvalue weighted by Crippen LogP contribution is 2.30. The number of anilines is 1. The minimum Gasteiger partial charge on any atom is -0.494 e. The Hall–Kier alpha value is -2.51. The van der Waals surface area contributed by atoms with E-state index in [0.29, 0.717) is 33.9 Å². The number of nitrogens with one attached hydrogen (secondary N) is 1. The number of aliphatic imine (C=N–C) groups is 1. The monoisotopic (exact) mass is 417 g/mol. The molecule has 8 heteroatoms. The highest BCUT2D eigenvalue weighted by molar-refractivity contribution is 8.15. The van der Waals surface area contributed by atoms with Gasteiger partial charge in [0, 0.05) is 30.2 Å². The molecule has 146 valence electrons. The van der Waals surface area contributed by atoms with Crippen LogP contribution < -0.4 is 10.1 Å². The number of thioether (sulfide) groups is 1. The second kappa shape index (κ2) is 9.12. The van der Waals surface area contributed by atoms with Crippen LogP contribution in [0.1, 0.15) is 13.3 Å². The number of benzene rings is 2. The van der Waals surface area contributed by atoms with Gasteiger partial charge in [0.1, 0.15) is 11.0 Å². The number of hydrogen-bond donors (Lipinski definition) is 1. The third kappa shape index (κ3) is 5.05. The molecule has 2 aromatic rings. The van der Waals surface area contributed by atoms with Crippen molar-refractivity contribution in [2.24, 2.45) is 4.99 Å². The van der Waals surface area contributed by atoms with Crippen molar-refractivity contribution >= 4 is 51.7 Å². The minimum absolute atomic E-state index is 0.104. The maximum absolute atomic E-state index is 12.7. The van der Waals surface area contributed by atoms with Crippen LogP contribution in [0.2, 0.25) is 5.02 Å². The molecular weight excluding hydrogens is 398 g/mol. The smallest absolute Gasteiger partial charge is 0.238 e. The van der Waals surface area contributed by atoms with Gasteiger partial charge in [-0.1, -0.05) is 35.5 Å². The third-order valence-corrected chi connectivity index (χ3v) is 5.48. The lowest BCUT2D eigenvalue weighted by Gasteiger charge is -2.28. The Morgan fingerprint density at radius 1 is 1.32 bits per heavy atom. The lowest BCUT2D eigenvalue weighted by Crippen LogP contribution is -2.43. The zero-order valence-electron chi connectivity index (χ0n) is 15.5. The minimum atomic E-state index is -0.572. The molecular formula is C20H20ClN3O3S. The molecule has 0 aliphatic carbocycles. The topological polar surface area (TPSA) is 71.0 Å². The van der Waals surface area contributed by atoms with Gasteiger partial charge >= 0.3 is 0 Å². The summed E-state index contributed by atoms with van der Waals surface area (Å²) in [6, 6.07) is 14.2. The summed E-state index contributed by atoms with van der Waals surface area (Å²) >= 11 is 7.26. The first-order valence-corrected chi connectivity index (χ1v) is 10.0. The Bertz CT molecular complexity index is 919. The fourth-order valence-corrected chi connectivity index (χ4v) is 3.86. The number of amides is 2. The number of carbonyl (C=O) groups is 2. The Kier molecular flexibility index (Phi) is 6.59. The molecule has 0 bridgehead atoms. The van der Waals surface area contributed by atoms with Crippen LogP contribution in [-0.4, -0.2) is 40.8 Å². The molecule has 0 saturated carbocycles. The molecule has 1 saturated heterocycles. The summed E-state index contributed by atoms with van der Waals surface area (Å²) < 4.78 is 5.45. The first-order valence-electron chi connectivity index (χ1n) is 8.77. The average Bonchev–Trinajstić information content (AvgIpc) is 2.66. The summed E-state index contributed by atoms with van der Waals surface area (Å²) in [5.74, 6) is 0.261. The van der Waals surface area contributed by atoms with Gasteiger partial charge in [-0.05, 0) is 37.3 Å². The molecule has 0 radical (unpaired) electrons. The lowest BCUT2D eigenvalue weighted by molar-refractivity contribution is -0.128. The van der Waals surface area contributed by atoms with Gasteiger partial charge in [-0.3, -0.25) is 14.5 Å². The van der Waals surface area contributed by atoms with E-state index in [1.807, 2.05) is 13.0 Å². The van der Waals surface area contributed by atoms with Crippen LogP contribution in [0.15, 0.2) is 53.5 Å². The summed E-state index contributed by atoms with van der Waals surface area (Å²) in [4.78, 5) is 31.0. The van der Waals surface area contributed by atoms with Crippen LogP contribution in [-0.2, 0) is 9.59 Å².